The normalized spacial score (nSPS) is 10.4. The fourth-order valence-corrected chi connectivity index (χ4v) is 1.87. The average molecular weight is 229 g/mol. The van der Waals surface area contributed by atoms with Crippen LogP contribution in [0.25, 0.3) is 10.6 Å². The van der Waals surface area contributed by atoms with Gasteiger partial charge < -0.3 is 10.2 Å². The van der Waals surface area contributed by atoms with E-state index in [1.54, 1.807) is 12.1 Å². The Morgan fingerprint density at radius 1 is 1.21 bits per heavy atom. The summed E-state index contributed by atoms with van der Waals surface area (Å²) in [5.41, 5.74) is 0.425. The van der Waals surface area contributed by atoms with E-state index < -0.39 is 0 Å². The van der Waals surface area contributed by atoms with E-state index in [9.17, 15) is 10.2 Å². The lowest BCUT2D eigenvalue weighted by molar-refractivity contribution is 0.405. The second kappa shape index (κ2) is 3.43. The number of benzene rings is 1. The van der Waals surface area contributed by atoms with Crippen LogP contribution >= 0.6 is 22.9 Å². The predicted octanol–water partition coefficient (Wildman–Crippen LogP) is 2.27. The van der Waals surface area contributed by atoms with E-state index in [0.29, 0.717) is 15.0 Å². The monoisotopic (exact) mass is 228 g/mol. The molecule has 0 bridgehead atoms. The van der Waals surface area contributed by atoms with Crippen LogP contribution in [-0.2, 0) is 0 Å². The van der Waals surface area contributed by atoms with Gasteiger partial charge in [0.1, 0.15) is 0 Å². The van der Waals surface area contributed by atoms with Crippen molar-refractivity contribution in [2.75, 3.05) is 0 Å². The van der Waals surface area contributed by atoms with E-state index in [2.05, 4.69) is 10.2 Å². The molecule has 0 radical (unpaired) electrons. The molecule has 0 unspecified atom stereocenters. The Morgan fingerprint density at radius 2 is 2.00 bits per heavy atom. The minimum Gasteiger partial charge on any atom is -0.504 e. The maximum atomic E-state index is 9.51. The molecule has 0 spiro atoms. The van der Waals surface area contributed by atoms with Gasteiger partial charge in [-0.3, -0.25) is 0 Å². The highest BCUT2D eigenvalue weighted by atomic mass is 35.5. The summed E-state index contributed by atoms with van der Waals surface area (Å²) in [6.07, 6.45) is 0. The Morgan fingerprint density at radius 3 is 2.64 bits per heavy atom. The molecule has 0 amide bonds. The molecule has 0 aliphatic heterocycles. The van der Waals surface area contributed by atoms with Crippen LogP contribution in [0.2, 0.25) is 4.47 Å². The Hall–Kier alpha value is -1.33. The number of nitrogens with zero attached hydrogens (tertiary/aromatic N) is 2. The number of halogens is 1. The van der Waals surface area contributed by atoms with Crippen LogP contribution < -0.4 is 0 Å². The summed E-state index contributed by atoms with van der Waals surface area (Å²) >= 11 is 6.74. The van der Waals surface area contributed by atoms with Gasteiger partial charge in [0.15, 0.2) is 16.5 Å². The van der Waals surface area contributed by atoms with Gasteiger partial charge in [0, 0.05) is 0 Å². The van der Waals surface area contributed by atoms with Crippen molar-refractivity contribution >= 4 is 22.9 Å². The molecule has 72 valence electrons. The van der Waals surface area contributed by atoms with Crippen molar-refractivity contribution in [3.05, 3.63) is 22.7 Å². The van der Waals surface area contributed by atoms with E-state index >= 15 is 0 Å². The van der Waals surface area contributed by atoms with E-state index in [0.717, 1.165) is 11.3 Å². The van der Waals surface area contributed by atoms with Gasteiger partial charge in [-0.05, 0) is 23.7 Å². The van der Waals surface area contributed by atoms with Crippen LogP contribution in [0.4, 0.5) is 0 Å². The average Bonchev–Trinajstić information content (AvgIpc) is 2.57. The van der Waals surface area contributed by atoms with Crippen LogP contribution in [0.3, 0.4) is 0 Å². The molecule has 1 heterocycles. The molecule has 0 aliphatic rings. The second-order valence-electron chi connectivity index (χ2n) is 2.53. The summed E-state index contributed by atoms with van der Waals surface area (Å²) in [4.78, 5) is 0. The van der Waals surface area contributed by atoms with Gasteiger partial charge in [-0.25, -0.2) is 0 Å². The van der Waals surface area contributed by atoms with Gasteiger partial charge in [0.05, 0.1) is 5.56 Å². The first-order valence-corrected chi connectivity index (χ1v) is 4.88. The van der Waals surface area contributed by atoms with Crippen LogP contribution in [0.1, 0.15) is 0 Å². The van der Waals surface area contributed by atoms with E-state index in [1.165, 1.54) is 6.07 Å². The molecule has 0 saturated heterocycles. The lowest BCUT2D eigenvalue weighted by Gasteiger charge is -2.00. The molecular weight excluding hydrogens is 224 g/mol. The molecule has 2 aromatic rings. The zero-order chi connectivity index (χ0) is 10.1. The maximum absolute atomic E-state index is 9.51. The summed E-state index contributed by atoms with van der Waals surface area (Å²) < 4.78 is 0.294. The van der Waals surface area contributed by atoms with Crippen LogP contribution in [0, 0.1) is 0 Å². The first-order chi connectivity index (χ1) is 6.68. The summed E-state index contributed by atoms with van der Waals surface area (Å²) in [5.74, 6) is -0.394. The fourth-order valence-electron chi connectivity index (χ4n) is 1.02. The van der Waals surface area contributed by atoms with Crippen LogP contribution in [-0.4, -0.2) is 20.4 Å². The quantitative estimate of drug-likeness (QED) is 0.735. The number of rotatable bonds is 1. The van der Waals surface area contributed by atoms with Crippen molar-refractivity contribution in [3.8, 4) is 22.1 Å². The number of para-hydroxylation sites is 1. The SMILES string of the molecule is Oc1cccc(-c2nnc(Cl)s2)c1O. The van der Waals surface area contributed by atoms with E-state index in [1.807, 2.05) is 0 Å². The molecule has 1 aromatic carbocycles. The molecule has 2 rings (SSSR count). The Kier molecular flexibility index (Phi) is 2.26. The standard InChI is InChI=1S/C8H5ClN2O2S/c9-8-11-10-7(14-8)4-2-1-3-5(12)6(4)13/h1-3,12-13H. The number of phenolic OH excluding ortho intramolecular Hbond substituents is 2. The fraction of sp³-hybridized carbons (Fsp3) is 0. The third-order valence-corrected chi connectivity index (χ3v) is 2.70. The lowest BCUT2D eigenvalue weighted by atomic mass is 10.2. The van der Waals surface area contributed by atoms with Crippen molar-refractivity contribution in [2.45, 2.75) is 0 Å². The molecule has 2 N–H and O–H groups in total. The van der Waals surface area contributed by atoms with Crippen LogP contribution in [0.15, 0.2) is 18.2 Å². The molecule has 4 nitrogen and oxygen atoms in total. The Bertz CT molecular complexity index is 472. The summed E-state index contributed by atoms with van der Waals surface area (Å²) in [5, 5.41) is 26.6. The first kappa shape index (κ1) is 9.23. The lowest BCUT2D eigenvalue weighted by Crippen LogP contribution is -1.78. The molecule has 0 aliphatic carbocycles. The minimum absolute atomic E-state index is 0.186. The topological polar surface area (TPSA) is 66.2 Å². The third-order valence-electron chi connectivity index (χ3n) is 1.65. The van der Waals surface area contributed by atoms with Crippen molar-refractivity contribution < 1.29 is 10.2 Å². The zero-order valence-corrected chi connectivity index (χ0v) is 8.38. The predicted molar refractivity (Wildman–Crippen MR) is 53.7 cm³/mol. The van der Waals surface area contributed by atoms with E-state index in [-0.39, 0.29) is 11.5 Å². The number of aromatic nitrogens is 2. The summed E-state index contributed by atoms with van der Waals surface area (Å²) in [6.45, 7) is 0. The van der Waals surface area contributed by atoms with Gasteiger partial charge in [-0.15, -0.1) is 10.2 Å². The van der Waals surface area contributed by atoms with Gasteiger partial charge in [0.2, 0.25) is 4.47 Å². The number of hydrogen-bond donors (Lipinski definition) is 2. The first-order valence-electron chi connectivity index (χ1n) is 3.69. The van der Waals surface area contributed by atoms with Crippen molar-refractivity contribution in [2.24, 2.45) is 0 Å². The Labute approximate surface area is 88.4 Å². The molecular formula is C8H5ClN2O2S. The van der Waals surface area contributed by atoms with Crippen molar-refractivity contribution in [1.82, 2.24) is 10.2 Å². The summed E-state index contributed by atoms with van der Waals surface area (Å²) in [6, 6.07) is 4.63. The number of hydrogen-bond acceptors (Lipinski definition) is 5. The highest BCUT2D eigenvalue weighted by Crippen LogP contribution is 2.37. The highest BCUT2D eigenvalue weighted by molar-refractivity contribution is 7.18. The van der Waals surface area contributed by atoms with Crippen molar-refractivity contribution in [1.29, 1.82) is 0 Å². The number of aromatic hydroxyl groups is 2. The minimum atomic E-state index is -0.208. The molecule has 6 heteroatoms. The second-order valence-corrected chi connectivity index (χ2v) is 4.09. The molecule has 0 atom stereocenters. The molecule has 1 aromatic heterocycles. The highest BCUT2D eigenvalue weighted by Gasteiger charge is 2.12. The van der Waals surface area contributed by atoms with Gasteiger partial charge in [0.25, 0.3) is 0 Å². The largest absolute Gasteiger partial charge is 0.504 e. The summed E-state index contributed by atoms with van der Waals surface area (Å²) in [7, 11) is 0. The number of phenols is 2. The van der Waals surface area contributed by atoms with Gasteiger partial charge in [-0.1, -0.05) is 17.4 Å². The smallest absolute Gasteiger partial charge is 0.207 e. The molecule has 14 heavy (non-hydrogen) atoms. The van der Waals surface area contributed by atoms with Crippen LogP contribution in [0.5, 0.6) is 11.5 Å². The zero-order valence-electron chi connectivity index (χ0n) is 6.81. The third kappa shape index (κ3) is 1.51. The maximum Gasteiger partial charge on any atom is 0.207 e. The molecule has 0 fully saturated rings. The van der Waals surface area contributed by atoms with Gasteiger partial charge >= 0.3 is 0 Å². The Balaban J connectivity index is 2.57. The van der Waals surface area contributed by atoms with Crippen molar-refractivity contribution in [3.63, 3.8) is 0 Å². The van der Waals surface area contributed by atoms with Gasteiger partial charge in [-0.2, -0.15) is 0 Å². The molecule has 0 saturated carbocycles. The van der Waals surface area contributed by atoms with E-state index in [4.69, 9.17) is 11.6 Å².